The quantitative estimate of drug-likeness (QED) is 0.861. The fraction of sp³-hybridized carbons (Fsp3) is 0.529. The van der Waals surface area contributed by atoms with E-state index in [0.29, 0.717) is 12.5 Å². The Bertz CT molecular complexity index is 659. The third kappa shape index (κ3) is 4.50. The first-order valence-electron chi connectivity index (χ1n) is 7.93. The van der Waals surface area contributed by atoms with E-state index < -0.39 is 0 Å². The van der Waals surface area contributed by atoms with Crippen LogP contribution in [0.1, 0.15) is 21.3 Å². The van der Waals surface area contributed by atoms with Gasteiger partial charge in [0.2, 0.25) is 5.88 Å². The molecule has 0 amide bonds. The lowest BCUT2D eigenvalue weighted by Gasteiger charge is -2.23. The molecule has 1 saturated heterocycles. The maximum atomic E-state index is 6.03. The van der Waals surface area contributed by atoms with Gasteiger partial charge in [-0.3, -0.25) is 4.90 Å². The lowest BCUT2D eigenvalue weighted by Crippen LogP contribution is -2.35. The number of pyridine rings is 1. The molecule has 5 nitrogen and oxygen atoms in total. The van der Waals surface area contributed by atoms with Gasteiger partial charge in [-0.2, -0.15) is 0 Å². The summed E-state index contributed by atoms with van der Waals surface area (Å²) in [5, 5.41) is 1.13. The second-order valence-electron chi connectivity index (χ2n) is 5.91. The van der Waals surface area contributed by atoms with Gasteiger partial charge in [-0.1, -0.05) is 6.07 Å². The Labute approximate surface area is 141 Å². The highest BCUT2D eigenvalue weighted by atomic mass is 32.1. The van der Waals surface area contributed by atoms with Crippen molar-refractivity contribution in [2.75, 3.05) is 26.3 Å². The molecule has 1 fully saturated rings. The normalized spacial score (nSPS) is 19.5. The fourth-order valence-electron chi connectivity index (χ4n) is 2.73. The van der Waals surface area contributed by atoms with E-state index in [1.807, 2.05) is 25.1 Å². The van der Waals surface area contributed by atoms with Crippen LogP contribution in [0.2, 0.25) is 0 Å². The Kier molecular flexibility index (Phi) is 5.25. The molecule has 0 saturated carbocycles. The molecule has 3 heterocycles. The molecule has 1 aliphatic heterocycles. The molecule has 6 heteroatoms. The average molecular weight is 333 g/mol. The first-order valence-corrected chi connectivity index (χ1v) is 8.75. The monoisotopic (exact) mass is 333 g/mol. The molecule has 0 aromatic carbocycles. The molecule has 2 aromatic heterocycles. The van der Waals surface area contributed by atoms with Crippen molar-refractivity contribution in [3.8, 4) is 5.88 Å². The van der Waals surface area contributed by atoms with Crippen molar-refractivity contribution in [2.45, 2.75) is 33.4 Å². The van der Waals surface area contributed by atoms with Crippen LogP contribution in [0.3, 0.4) is 0 Å². The van der Waals surface area contributed by atoms with Gasteiger partial charge in [-0.25, -0.2) is 9.97 Å². The number of nitrogens with zero attached hydrogens (tertiary/aromatic N) is 3. The van der Waals surface area contributed by atoms with Crippen LogP contribution in [0.15, 0.2) is 18.2 Å². The molecule has 1 aliphatic rings. The van der Waals surface area contributed by atoms with Gasteiger partial charge in [0.1, 0.15) is 6.10 Å². The van der Waals surface area contributed by atoms with Crippen molar-refractivity contribution in [3.63, 3.8) is 0 Å². The smallest absolute Gasteiger partial charge is 0.213 e. The number of rotatable bonds is 4. The zero-order valence-corrected chi connectivity index (χ0v) is 14.7. The van der Waals surface area contributed by atoms with Gasteiger partial charge in [0.25, 0.3) is 0 Å². The largest absolute Gasteiger partial charge is 0.471 e. The Balaban J connectivity index is 1.65. The molecule has 0 unspecified atom stereocenters. The van der Waals surface area contributed by atoms with Crippen LogP contribution in [0.4, 0.5) is 0 Å². The van der Waals surface area contributed by atoms with Crippen LogP contribution in [0.25, 0.3) is 0 Å². The van der Waals surface area contributed by atoms with Gasteiger partial charge >= 0.3 is 0 Å². The number of thiazole rings is 1. The van der Waals surface area contributed by atoms with Gasteiger partial charge in [0.05, 0.1) is 23.9 Å². The van der Waals surface area contributed by atoms with Crippen molar-refractivity contribution < 1.29 is 9.47 Å². The lowest BCUT2D eigenvalue weighted by atomic mass is 10.3. The van der Waals surface area contributed by atoms with Gasteiger partial charge in [0.15, 0.2) is 0 Å². The van der Waals surface area contributed by atoms with E-state index >= 15 is 0 Å². The molecule has 1 atom stereocenters. The van der Waals surface area contributed by atoms with Crippen molar-refractivity contribution in [1.29, 1.82) is 0 Å². The van der Waals surface area contributed by atoms with E-state index in [-0.39, 0.29) is 6.10 Å². The van der Waals surface area contributed by atoms with Crippen LogP contribution in [-0.2, 0) is 11.3 Å². The predicted octanol–water partition coefficient (Wildman–Crippen LogP) is 2.74. The molecular formula is C17H23N3O2S. The van der Waals surface area contributed by atoms with Gasteiger partial charge in [0, 0.05) is 36.3 Å². The minimum absolute atomic E-state index is 0.00104. The second-order valence-corrected chi connectivity index (χ2v) is 7.20. The summed E-state index contributed by atoms with van der Waals surface area (Å²) in [5.74, 6) is 0.672. The topological polar surface area (TPSA) is 47.5 Å². The van der Waals surface area contributed by atoms with E-state index in [0.717, 1.165) is 42.6 Å². The minimum Gasteiger partial charge on any atom is -0.471 e. The standard InChI is InChI=1S/C17H23N3O2S/c1-12-5-4-6-17(18-12)22-15-9-20(7-8-21-11-15)10-16-13(2)19-14(3)23-16/h4-6,15H,7-11H2,1-3H3/t15-/m1/s1. The van der Waals surface area contributed by atoms with Gasteiger partial charge in [-0.05, 0) is 26.8 Å². The summed E-state index contributed by atoms with van der Waals surface area (Å²) in [6.07, 6.45) is 0.00104. The number of aryl methyl sites for hydroxylation is 3. The van der Waals surface area contributed by atoms with E-state index in [9.17, 15) is 0 Å². The molecule has 23 heavy (non-hydrogen) atoms. The third-order valence-electron chi connectivity index (χ3n) is 3.83. The third-order valence-corrected chi connectivity index (χ3v) is 4.89. The van der Waals surface area contributed by atoms with Crippen LogP contribution in [0.5, 0.6) is 5.88 Å². The lowest BCUT2D eigenvalue weighted by molar-refractivity contribution is 0.0683. The van der Waals surface area contributed by atoms with E-state index in [4.69, 9.17) is 9.47 Å². The molecule has 0 radical (unpaired) electrons. The Morgan fingerprint density at radius 1 is 1.30 bits per heavy atom. The van der Waals surface area contributed by atoms with Gasteiger partial charge in [-0.15, -0.1) is 11.3 Å². The number of hydrogen-bond acceptors (Lipinski definition) is 6. The highest BCUT2D eigenvalue weighted by Gasteiger charge is 2.22. The Hall–Kier alpha value is -1.50. The van der Waals surface area contributed by atoms with E-state index in [1.54, 1.807) is 11.3 Å². The van der Waals surface area contributed by atoms with Crippen molar-refractivity contribution in [1.82, 2.24) is 14.9 Å². The molecule has 124 valence electrons. The SMILES string of the molecule is Cc1cccc(O[C@H]2COCCN(Cc3sc(C)nc3C)C2)n1. The Morgan fingerprint density at radius 3 is 2.91 bits per heavy atom. The molecule has 0 spiro atoms. The summed E-state index contributed by atoms with van der Waals surface area (Å²) < 4.78 is 11.7. The Morgan fingerprint density at radius 2 is 2.17 bits per heavy atom. The van der Waals surface area contributed by atoms with Gasteiger partial charge < -0.3 is 9.47 Å². The first-order chi connectivity index (χ1) is 11.1. The van der Waals surface area contributed by atoms with Crippen molar-refractivity contribution in [3.05, 3.63) is 39.5 Å². The number of hydrogen-bond donors (Lipinski definition) is 0. The zero-order valence-electron chi connectivity index (χ0n) is 13.9. The number of aromatic nitrogens is 2. The molecule has 2 aromatic rings. The van der Waals surface area contributed by atoms with Crippen LogP contribution in [-0.4, -0.2) is 47.3 Å². The molecule has 0 N–H and O–H groups in total. The summed E-state index contributed by atoms with van der Waals surface area (Å²) in [5.41, 5.74) is 2.10. The zero-order chi connectivity index (χ0) is 16.2. The second kappa shape index (κ2) is 7.38. The summed E-state index contributed by atoms with van der Waals surface area (Å²) >= 11 is 1.78. The first kappa shape index (κ1) is 16.4. The summed E-state index contributed by atoms with van der Waals surface area (Å²) in [7, 11) is 0. The summed E-state index contributed by atoms with van der Waals surface area (Å²) in [6.45, 7) is 10.1. The molecule has 0 aliphatic carbocycles. The van der Waals surface area contributed by atoms with Crippen molar-refractivity contribution in [2.24, 2.45) is 0 Å². The summed E-state index contributed by atoms with van der Waals surface area (Å²) in [4.78, 5) is 12.6. The van der Waals surface area contributed by atoms with Crippen LogP contribution in [0, 0.1) is 20.8 Å². The maximum Gasteiger partial charge on any atom is 0.213 e. The van der Waals surface area contributed by atoms with Crippen LogP contribution < -0.4 is 4.74 Å². The predicted molar refractivity (Wildman–Crippen MR) is 91.1 cm³/mol. The fourth-order valence-corrected chi connectivity index (χ4v) is 3.71. The molecule has 3 rings (SSSR count). The van der Waals surface area contributed by atoms with E-state index in [1.165, 1.54) is 4.88 Å². The maximum absolute atomic E-state index is 6.03. The minimum atomic E-state index is 0.00104. The van der Waals surface area contributed by atoms with E-state index in [2.05, 4.69) is 28.7 Å². The average Bonchev–Trinajstić information content (AvgIpc) is 2.69. The molecular weight excluding hydrogens is 310 g/mol. The molecule has 0 bridgehead atoms. The highest BCUT2D eigenvalue weighted by Crippen LogP contribution is 2.20. The number of ether oxygens (including phenoxy) is 2. The van der Waals surface area contributed by atoms with Crippen LogP contribution >= 0.6 is 11.3 Å². The summed E-state index contributed by atoms with van der Waals surface area (Å²) in [6, 6.07) is 5.84. The van der Waals surface area contributed by atoms with Crippen molar-refractivity contribution >= 4 is 11.3 Å². The highest BCUT2D eigenvalue weighted by molar-refractivity contribution is 7.11.